The van der Waals surface area contributed by atoms with Crippen LogP contribution in [0.4, 0.5) is 5.82 Å². The van der Waals surface area contributed by atoms with Gasteiger partial charge in [0.15, 0.2) is 0 Å². The Morgan fingerprint density at radius 2 is 2.08 bits per heavy atom. The largest absolute Gasteiger partial charge is 0.357 e. The van der Waals surface area contributed by atoms with E-state index in [1.807, 2.05) is 23.2 Å². The molecule has 0 saturated carbocycles. The number of aromatic amines is 1. The van der Waals surface area contributed by atoms with E-state index in [0.717, 1.165) is 50.4 Å². The quantitative estimate of drug-likeness (QED) is 0.934. The lowest BCUT2D eigenvalue weighted by molar-refractivity contribution is 0.0705. The molecule has 6 nitrogen and oxygen atoms in total. The van der Waals surface area contributed by atoms with Crippen LogP contribution < -0.4 is 4.90 Å². The summed E-state index contributed by atoms with van der Waals surface area (Å²) in [6, 6.07) is 3.80. The van der Waals surface area contributed by atoms with E-state index in [1.165, 1.54) is 24.1 Å². The predicted molar refractivity (Wildman–Crippen MR) is 96.9 cm³/mol. The number of hydrogen-bond acceptors (Lipinski definition) is 4. The summed E-state index contributed by atoms with van der Waals surface area (Å²) in [4.78, 5) is 21.7. The maximum absolute atomic E-state index is 13.0. The molecule has 2 saturated heterocycles. The molecule has 2 aliphatic rings. The summed E-state index contributed by atoms with van der Waals surface area (Å²) >= 11 is 0. The van der Waals surface area contributed by atoms with Gasteiger partial charge >= 0.3 is 0 Å². The number of anilines is 1. The Morgan fingerprint density at radius 1 is 1.24 bits per heavy atom. The van der Waals surface area contributed by atoms with Gasteiger partial charge in [0.2, 0.25) is 0 Å². The maximum Gasteiger partial charge on any atom is 0.254 e. The minimum absolute atomic E-state index is 0.115. The lowest BCUT2D eigenvalue weighted by Crippen LogP contribution is -2.39. The minimum atomic E-state index is 0.115. The molecule has 4 heterocycles. The zero-order chi connectivity index (χ0) is 17.2. The number of carbonyl (C=O) groups is 1. The lowest BCUT2D eigenvalue weighted by atomic mass is 9.92. The van der Waals surface area contributed by atoms with Gasteiger partial charge in [-0.25, -0.2) is 4.98 Å². The highest BCUT2D eigenvalue weighted by Crippen LogP contribution is 2.28. The first-order valence-electron chi connectivity index (χ1n) is 9.22. The number of aromatic nitrogens is 3. The van der Waals surface area contributed by atoms with Crippen LogP contribution in [0.5, 0.6) is 0 Å². The summed E-state index contributed by atoms with van der Waals surface area (Å²) < 4.78 is 0. The van der Waals surface area contributed by atoms with Crippen LogP contribution in [0.15, 0.2) is 24.5 Å². The van der Waals surface area contributed by atoms with Crippen molar-refractivity contribution in [2.75, 3.05) is 31.1 Å². The molecule has 2 aromatic rings. The number of hydrogen-bond donors (Lipinski definition) is 1. The summed E-state index contributed by atoms with van der Waals surface area (Å²) in [6.07, 6.45) is 8.16. The van der Waals surface area contributed by atoms with Gasteiger partial charge in [-0.15, -0.1) is 0 Å². The van der Waals surface area contributed by atoms with Crippen molar-refractivity contribution >= 4 is 11.7 Å². The molecule has 2 aliphatic heterocycles. The molecule has 0 aliphatic carbocycles. The van der Waals surface area contributed by atoms with Crippen LogP contribution in [0.25, 0.3) is 0 Å². The molecule has 132 valence electrons. The molecular weight excluding hydrogens is 314 g/mol. The molecule has 4 rings (SSSR count). The van der Waals surface area contributed by atoms with Crippen molar-refractivity contribution in [3.05, 3.63) is 41.3 Å². The number of likely N-dealkylation sites (tertiary alicyclic amines) is 1. The third kappa shape index (κ3) is 3.25. The average Bonchev–Trinajstić information content (AvgIpc) is 3.33. The zero-order valence-corrected chi connectivity index (χ0v) is 14.7. The van der Waals surface area contributed by atoms with Crippen molar-refractivity contribution in [2.24, 2.45) is 0 Å². The Hall–Kier alpha value is -2.37. The van der Waals surface area contributed by atoms with E-state index in [9.17, 15) is 4.79 Å². The molecule has 25 heavy (non-hydrogen) atoms. The highest BCUT2D eigenvalue weighted by Gasteiger charge is 2.27. The molecule has 0 spiro atoms. The Bertz CT molecular complexity index is 750. The fourth-order valence-corrected chi connectivity index (χ4v) is 4.02. The van der Waals surface area contributed by atoms with Gasteiger partial charge in [0, 0.05) is 49.6 Å². The minimum Gasteiger partial charge on any atom is -0.357 e. The van der Waals surface area contributed by atoms with Crippen LogP contribution >= 0.6 is 0 Å². The first kappa shape index (κ1) is 16.1. The molecule has 1 amide bonds. The molecule has 6 heteroatoms. The van der Waals surface area contributed by atoms with E-state index in [0.29, 0.717) is 5.92 Å². The molecule has 1 atom stereocenters. The van der Waals surface area contributed by atoms with Crippen molar-refractivity contribution in [2.45, 2.75) is 38.5 Å². The van der Waals surface area contributed by atoms with Crippen molar-refractivity contribution in [3.8, 4) is 0 Å². The number of pyridine rings is 1. The Balaban J connectivity index is 1.50. The standard InChI is InChI=1S/C19H25N5O/c1-14-12-21-22-18(14)16-5-4-10-24(13-16)19(25)15-6-7-20-17(11-15)23-8-2-3-9-23/h6-7,11-12,16H,2-5,8-10,13H2,1H3,(H,21,22). The molecule has 1 unspecified atom stereocenters. The molecule has 0 aromatic carbocycles. The average molecular weight is 339 g/mol. The fraction of sp³-hybridized carbons (Fsp3) is 0.526. The second-order valence-electron chi connectivity index (χ2n) is 7.15. The van der Waals surface area contributed by atoms with E-state index in [-0.39, 0.29) is 5.91 Å². The van der Waals surface area contributed by atoms with Crippen LogP contribution in [0, 0.1) is 6.92 Å². The topological polar surface area (TPSA) is 65.1 Å². The van der Waals surface area contributed by atoms with Crippen LogP contribution in [0.3, 0.4) is 0 Å². The van der Waals surface area contributed by atoms with Crippen molar-refractivity contribution in [1.82, 2.24) is 20.1 Å². The molecule has 2 aromatic heterocycles. The van der Waals surface area contributed by atoms with Gasteiger partial charge in [-0.1, -0.05) is 0 Å². The Morgan fingerprint density at radius 3 is 2.84 bits per heavy atom. The second-order valence-corrected chi connectivity index (χ2v) is 7.15. The van der Waals surface area contributed by atoms with E-state index in [2.05, 4.69) is 27.0 Å². The third-order valence-corrected chi connectivity index (χ3v) is 5.41. The summed E-state index contributed by atoms with van der Waals surface area (Å²) in [5.74, 6) is 1.39. The van der Waals surface area contributed by atoms with E-state index in [1.54, 1.807) is 6.20 Å². The van der Waals surface area contributed by atoms with Crippen molar-refractivity contribution in [1.29, 1.82) is 0 Å². The second kappa shape index (κ2) is 6.86. The van der Waals surface area contributed by atoms with Crippen LogP contribution in [0.1, 0.15) is 53.2 Å². The van der Waals surface area contributed by atoms with E-state index in [4.69, 9.17) is 0 Å². The smallest absolute Gasteiger partial charge is 0.254 e. The summed E-state index contributed by atoms with van der Waals surface area (Å²) in [5.41, 5.74) is 3.10. The number of nitrogens with zero attached hydrogens (tertiary/aromatic N) is 4. The molecule has 0 radical (unpaired) electrons. The summed E-state index contributed by atoms with van der Waals surface area (Å²) in [6.45, 7) is 5.73. The van der Waals surface area contributed by atoms with Crippen LogP contribution in [-0.2, 0) is 0 Å². The number of piperidine rings is 1. The molecule has 2 fully saturated rings. The Labute approximate surface area is 148 Å². The fourth-order valence-electron chi connectivity index (χ4n) is 4.02. The number of carbonyl (C=O) groups excluding carboxylic acids is 1. The van der Waals surface area contributed by atoms with E-state index >= 15 is 0 Å². The number of rotatable bonds is 3. The highest BCUT2D eigenvalue weighted by atomic mass is 16.2. The van der Waals surface area contributed by atoms with Crippen LogP contribution in [0.2, 0.25) is 0 Å². The number of aryl methyl sites for hydroxylation is 1. The maximum atomic E-state index is 13.0. The highest BCUT2D eigenvalue weighted by molar-refractivity contribution is 5.95. The van der Waals surface area contributed by atoms with E-state index < -0.39 is 0 Å². The molecule has 0 bridgehead atoms. The van der Waals surface area contributed by atoms with Gasteiger partial charge in [0.05, 0.1) is 6.20 Å². The third-order valence-electron chi connectivity index (χ3n) is 5.41. The van der Waals surface area contributed by atoms with Gasteiger partial charge in [-0.3, -0.25) is 9.89 Å². The Kier molecular flexibility index (Phi) is 4.42. The first-order chi connectivity index (χ1) is 12.2. The first-order valence-corrected chi connectivity index (χ1v) is 9.22. The van der Waals surface area contributed by atoms with Gasteiger partial charge in [0.25, 0.3) is 5.91 Å². The summed E-state index contributed by atoms with van der Waals surface area (Å²) in [7, 11) is 0. The molecule has 1 N–H and O–H groups in total. The normalized spacial score (nSPS) is 20.9. The van der Waals surface area contributed by atoms with Gasteiger partial charge < -0.3 is 9.80 Å². The number of H-pyrrole nitrogens is 1. The van der Waals surface area contributed by atoms with Crippen molar-refractivity contribution < 1.29 is 4.79 Å². The number of nitrogens with one attached hydrogen (secondary N) is 1. The van der Waals surface area contributed by atoms with Gasteiger partial charge in [-0.2, -0.15) is 5.10 Å². The number of amides is 1. The zero-order valence-electron chi connectivity index (χ0n) is 14.7. The lowest BCUT2D eigenvalue weighted by Gasteiger charge is -2.32. The van der Waals surface area contributed by atoms with Crippen molar-refractivity contribution in [3.63, 3.8) is 0 Å². The summed E-state index contributed by atoms with van der Waals surface area (Å²) in [5, 5.41) is 7.25. The van der Waals surface area contributed by atoms with Gasteiger partial charge in [-0.05, 0) is 50.3 Å². The van der Waals surface area contributed by atoms with Crippen LogP contribution in [-0.4, -0.2) is 52.2 Å². The predicted octanol–water partition coefficient (Wildman–Crippen LogP) is 2.73. The van der Waals surface area contributed by atoms with Gasteiger partial charge in [0.1, 0.15) is 5.82 Å². The molecular formula is C19H25N5O. The monoisotopic (exact) mass is 339 g/mol. The SMILES string of the molecule is Cc1cn[nH]c1C1CCCN(C(=O)c2ccnc(N3CCCC3)c2)C1.